The van der Waals surface area contributed by atoms with Gasteiger partial charge in [0.15, 0.2) is 0 Å². The first kappa shape index (κ1) is 13.6. The molecule has 0 amide bonds. The van der Waals surface area contributed by atoms with Crippen molar-refractivity contribution in [2.24, 2.45) is 0 Å². The summed E-state index contributed by atoms with van der Waals surface area (Å²) in [7, 11) is -4.02. The summed E-state index contributed by atoms with van der Waals surface area (Å²) in [6.07, 6.45) is 3.28. The van der Waals surface area contributed by atoms with Gasteiger partial charge in [0.2, 0.25) is 0 Å². The van der Waals surface area contributed by atoms with E-state index in [1.807, 2.05) is 6.92 Å². The van der Waals surface area contributed by atoms with Crippen LogP contribution in [0.25, 0.3) is 0 Å². The Morgan fingerprint density at radius 2 is 1.53 bits per heavy atom. The number of rotatable bonds is 2. The Kier molecular flexibility index (Phi) is 5.59. The predicted octanol–water partition coefficient (Wildman–Crippen LogP) is 2.60. The molecule has 0 aliphatic rings. The van der Waals surface area contributed by atoms with Crippen molar-refractivity contribution in [3.8, 4) is 0 Å². The fourth-order valence-corrected chi connectivity index (χ4v) is 1.19. The van der Waals surface area contributed by atoms with Crippen molar-refractivity contribution in [1.82, 2.24) is 0 Å². The summed E-state index contributed by atoms with van der Waals surface area (Å²) < 4.78 is 29.6. The minimum absolute atomic E-state index is 0.0666. The van der Waals surface area contributed by atoms with Crippen LogP contribution in [0.15, 0.2) is 54.5 Å². The second-order valence-electron chi connectivity index (χ2n) is 2.76. The minimum atomic E-state index is -4.02. The van der Waals surface area contributed by atoms with E-state index < -0.39 is 10.1 Å². The van der Waals surface area contributed by atoms with Crippen molar-refractivity contribution in [2.45, 2.75) is 11.8 Å². The Balaban J connectivity index is 0.000000423. The zero-order valence-electron chi connectivity index (χ0n) is 8.55. The highest BCUT2D eigenvalue weighted by Crippen LogP contribution is 2.08. The van der Waals surface area contributed by atoms with Gasteiger partial charge in [-0.15, -0.1) is 0 Å². The molecular weight excluding hydrogens is 212 g/mol. The smallest absolute Gasteiger partial charge is 0.282 e. The van der Waals surface area contributed by atoms with Crippen LogP contribution in [0.5, 0.6) is 0 Å². The van der Waals surface area contributed by atoms with Gasteiger partial charge in [0.25, 0.3) is 10.1 Å². The van der Waals surface area contributed by atoms with Crippen LogP contribution in [-0.2, 0) is 10.1 Å². The molecular formula is C11H14O3S. The number of hydrogen-bond acceptors (Lipinski definition) is 2. The molecule has 0 bridgehead atoms. The zero-order chi connectivity index (χ0) is 11.9. The number of hydrogen-bond donors (Lipinski definition) is 1. The van der Waals surface area contributed by atoms with Crippen molar-refractivity contribution in [3.63, 3.8) is 0 Å². The van der Waals surface area contributed by atoms with Crippen molar-refractivity contribution in [1.29, 1.82) is 0 Å². The first-order valence-electron chi connectivity index (χ1n) is 4.19. The van der Waals surface area contributed by atoms with Gasteiger partial charge >= 0.3 is 0 Å². The Morgan fingerprint density at radius 1 is 1.13 bits per heavy atom. The van der Waals surface area contributed by atoms with Crippen LogP contribution in [0.2, 0.25) is 0 Å². The van der Waals surface area contributed by atoms with E-state index in [0.29, 0.717) is 0 Å². The topological polar surface area (TPSA) is 54.4 Å². The molecule has 0 aliphatic carbocycles. The van der Waals surface area contributed by atoms with Gasteiger partial charge in [0, 0.05) is 0 Å². The van der Waals surface area contributed by atoms with Crippen molar-refractivity contribution < 1.29 is 13.0 Å². The minimum Gasteiger partial charge on any atom is -0.282 e. The third-order valence-electron chi connectivity index (χ3n) is 1.49. The van der Waals surface area contributed by atoms with Gasteiger partial charge in [-0.2, -0.15) is 8.42 Å². The van der Waals surface area contributed by atoms with Gasteiger partial charge < -0.3 is 0 Å². The molecule has 4 heteroatoms. The van der Waals surface area contributed by atoms with E-state index in [0.717, 1.165) is 5.56 Å². The molecule has 0 radical (unpaired) electrons. The highest BCUT2D eigenvalue weighted by atomic mass is 32.2. The van der Waals surface area contributed by atoms with E-state index in [9.17, 15) is 8.42 Å². The van der Waals surface area contributed by atoms with Gasteiger partial charge in [-0.1, -0.05) is 43.0 Å². The molecule has 0 saturated carbocycles. The fraction of sp³-hybridized carbons (Fsp3) is 0.0909. The summed E-state index contributed by atoms with van der Waals surface area (Å²) in [5, 5.41) is 0. The molecule has 0 atom stereocenters. The lowest BCUT2D eigenvalue weighted by Gasteiger charge is -1.95. The Labute approximate surface area is 90.5 Å². The van der Waals surface area contributed by atoms with Crippen LogP contribution in [0, 0.1) is 6.92 Å². The second-order valence-corrected chi connectivity index (χ2v) is 4.18. The molecule has 0 aliphatic heterocycles. The highest BCUT2D eigenvalue weighted by molar-refractivity contribution is 7.85. The highest BCUT2D eigenvalue weighted by Gasteiger charge is 2.06. The summed E-state index contributed by atoms with van der Waals surface area (Å²) in [4.78, 5) is -0.0666. The SMILES string of the molecule is C=CC=C.Cc1ccc(S(=O)(=O)O)cc1. The summed E-state index contributed by atoms with van der Waals surface area (Å²) >= 11 is 0. The molecule has 0 heterocycles. The molecule has 1 aromatic rings. The average Bonchev–Trinajstić information content (AvgIpc) is 2.17. The summed E-state index contributed by atoms with van der Waals surface area (Å²) in [6.45, 7) is 8.56. The van der Waals surface area contributed by atoms with Gasteiger partial charge in [0.05, 0.1) is 4.90 Å². The van der Waals surface area contributed by atoms with Crippen LogP contribution in [-0.4, -0.2) is 13.0 Å². The Hall–Kier alpha value is -1.39. The Bertz CT molecular complexity index is 410. The van der Waals surface area contributed by atoms with Gasteiger partial charge in [-0.25, -0.2) is 0 Å². The molecule has 0 spiro atoms. The van der Waals surface area contributed by atoms with E-state index in [2.05, 4.69) is 13.2 Å². The third-order valence-corrected chi connectivity index (χ3v) is 2.35. The van der Waals surface area contributed by atoms with Crippen LogP contribution < -0.4 is 0 Å². The molecule has 1 rings (SSSR count). The van der Waals surface area contributed by atoms with Crippen LogP contribution in [0.1, 0.15) is 5.56 Å². The van der Waals surface area contributed by atoms with Crippen LogP contribution in [0.3, 0.4) is 0 Å². The molecule has 3 nitrogen and oxygen atoms in total. The second kappa shape index (κ2) is 6.16. The molecule has 0 fully saturated rings. The number of allylic oxidation sites excluding steroid dienone is 2. The Morgan fingerprint density at radius 3 is 1.80 bits per heavy atom. The third kappa shape index (κ3) is 5.83. The number of aryl methyl sites for hydroxylation is 1. The maximum Gasteiger partial charge on any atom is 0.294 e. The maximum atomic E-state index is 10.5. The summed E-state index contributed by atoms with van der Waals surface area (Å²) in [6, 6.07) is 5.99. The quantitative estimate of drug-likeness (QED) is 0.623. The molecule has 0 aromatic heterocycles. The van der Waals surface area contributed by atoms with E-state index in [4.69, 9.17) is 4.55 Å². The lowest BCUT2D eigenvalue weighted by atomic mass is 10.2. The van der Waals surface area contributed by atoms with Gasteiger partial charge in [-0.05, 0) is 19.1 Å². The number of benzene rings is 1. The monoisotopic (exact) mass is 226 g/mol. The van der Waals surface area contributed by atoms with E-state index in [-0.39, 0.29) is 4.90 Å². The van der Waals surface area contributed by atoms with Crippen molar-refractivity contribution >= 4 is 10.1 Å². The molecule has 0 unspecified atom stereocenters. The standard InChI is InChI=1S/C7H8O3S.C4H6/c1-6-2-4-7(5-3-6)11(8,9)10;1-3-4-2/h2-5H,1H3,(H,8,9,10);3-4H,1-2H2. The van der Waals surface area contributed by atoms with Crippen LogP contribution in [0.4, 0.5) is 0 Å². The summed E-state index contributed by atoms with van der Waals surface area (Å²) in [5.41, 5.74) is 0.956. The lowest BCUT2D eigenvalue weighted by molar-refractivity contribution is 0.483. The fourth-order valence-electron chi connectivity index (χ4n) is 0.710. The molecule has 0 saturated heterocycles. The molecule has 1 aromatic carbocycles. The average molecular weight is 226 g/mol. The normalized spacial score (nSPS) is 9.73. The summed E-state index contributed by atoms with van der Waals surface area (Å²) in [5.74, 6) is 0. The molecule has 15 heavy (non-hydrogen) atoms. The van der Waals surface area contributed by atoms with Crippen molar-refractivity contribution in [3.05, 3.63) is 55.1 Å². The van der Waals surface area contributed by atoms with Gasteiger partial charge in [-0.3, -0.25) is 4.55 Å². The predicted molar refractivity (Wildman–Crippen MR) is 61.4 cm³/mol. The first-order chi connectivity index (χ1) is 6.91. The molecule has 82 valence electrons. The van der Waals surface area contributed by atoms with Gasteiger partial charge in [0.1, 0.15) is 0 Å². The van der Waals surface area contributed by atoms with Crippen molar-refractivity contribution in [2.75, 3.05) is 0 Å². The van der Waals surface area contributed by atoms with E-state index in [1.165, 1.54) is 12.1 Å². The van der Waals surface area contributed by atoms with E-state index in [1.54, 1.807) is 24.3 Å². The zero-order valence-corrected chi connectivity index (χ0v) is 9.37. The van der Waals surface area contributed by atoms with E-state index >= 15 is 0 Å². The lowest BCUT2D eigenvalue weighted by Crippen LogP contribution is -1.96. The maximum absolute atomic E-state index is 10.5. The van der Waals surface area contributed by atoms with Crippen LogP contribution >= 0.6 is 0 Å². The molecule has 1 N–H and O–H groups in total. The first-order valence-corrected chi connectivity index (χ1v) is 5.63. The largest absolute Gasteiger partial charge is 0.294 e.